The molecular weight excluding hydrogens is 289 g/mol. The summed E-state index contributed by atoms with van der Waals surface area (Å²) >= 11 is 0. The van der Waals surface area contributed by atoms with Gasteiger partial charge in [-0.1, -0.05) is 0 Å². The molecule has 1 atom stereocenters. The first-order valence-corrected chi connectivity index (χ1v) is 6.24. The van der Waals surface area contributed by atoms with Gasteiger partial charge in [0, 0.05) is 13.6 Å². The third-order valence-corrected chi connectivity index (χ3v) is 2.49. The number of aryl methyl sites for hydroxylation is 1. The number of aromatic nitrogens is 2. The van der Waals surface area contributed by atoms with Crippen LogP contribution in [0.3, 0.4) is 0 Å². The van der Waals surface area contributed by atoms with E-state index in [2.05, 4.69) is 10.4 Å². The molecule has 0 spiro atoms. The van der Waals surface area contributed by atoms with Crippen molar-refractivity contribution in [2.45, 2.75) is 38.6 Å². The molecule has 0 aromatic carbocycles. The quantitative estimate of drug-likeness (QED) is 0.894. The molecule has 1 aromatic heterocycles. The number of hydrogen-bond acceptors (Lipinski definition) is 4. The van der Waals surface area contributed by atoms with Gasteiger partial charge in [0.25, 0.3) is 0 Å². The van der Waals surface area contributed by atoms with Gasteiger partial charge in [-0.25, -0.2) is 4.79 Å². The van der Waals surface area contributed by atoms with E-state index in [9.17, 15) is 18.0 Å². The standard InChI is InChI=1S/C12H19F3N4O2/c1-11(2,3)21-10(20)17-7(6-16)8-5-9(12(13,14)15)18-19(8)4/h5,7H,6,16H2,1-4H3,(H,17,20). The molecule has 1 unspecified atom stereocenters. The van der Waals surface area contributed by atoms with Gasteiger partial charge in [-0.2, -0.15) is 18.3 Å². The summed E-state index contributed by atoms with van der Waals surface area (Å²) in [7, 11) is 1.35. The maximum absolute atomic E-state index is 12.6. The maximum atomic E-state index is 12.6. The first-order valence-electron chi connectivity index (χ1n) is 6.24. The van der Waals surface area contributed by atoms with Gasteiger partial charge in [-0.05, 0) is 26.8 Å². The number of ether oxygens (including phenoxy) is 1. The monoisotopic (exact) mass is 308 g/mol. The fourth-order valence-electron chi connectivity index (χ4n) is 1.65. The molecule has 0 aliphatic heterocycles. The Bertz CT molecular complexity index is 506. The lowest BCUT2D eigenvalue weighted by Crippen LogP contribution is -2.38. The molecule has 0 saturated carbocycles. The highest BCUT2D eigenvalue weighted by molar-refractivity contribution is 5.68. The van der Waals surface area contributed by atoms with Crippen molar-refractivity contribution in [3.8, 4) is 0 Å². The van der Waals surface area contributed by atoms with Crippen LogP contribution in [0.15, 0.2) is 6.07 Å². The van der Waals surface area contributed by atoms with Crippen molar-refractivity contribution in [3.05, 3.63) is 17.5 Å². The predicted molar refractivity (Wildman–Crippen MR) is 69.4 cm³/mol. The number of amides is 1. The van der Waals surface area contributed by atoms with E-state index >= 15 is 0 Å². The number of nitrogens with one attached hydrogen (secondary N) is 1. The number of nitrogens with zero attached hydrogens (tertiary/aromatic N) is 2. The van der Waals surface area contributed by atoms with Crippen molar-refractivity contribution in [2.75, 3.05) is 6.54 Å². The van der Waals surface area contributed by atoms with Crippen LogP contribution < -0.4 is 11.1 Å². The minimum Gasteiger partial charge on any atom is -0.444 e. The Balaban J connectivity index is 2.91. The fraction of sp³-hybridized carbons (Fsp3) is 0.667. The average Bonchev–Trinajstić information content (AvgIpc) is 2.65. The van der Waals surface area contributed by atoms with Gasteiger partial charge >= 0.3 is 12.3 Å². The minimum atomic E-state index is -4.55. The SMILES string of the molecule is Cn1nc(C(F)(F)F)cc1C(CN)NC(=O)OC(C)(C)C. The minimum absolute atomic E-state index is 0.0872. The van der Waals surface area contributed by atoms with Crippen LogP contribution in [0.4, 0.5) is 18.0 Å². The Morgan fingerprint density at radius 2 is 2.05 bits per heavy atom. The predicted octanol–water partition coefficient (Wildman–Crippen LogP) is 1.96. The highest BCUT2D eigenvalue weighted by Crippen LogP contribution is 2.29. The molecule has 6 nitrogen and oxygen atoms in total. The molecule has 1 aromatic rings. The molecule has 1 heterocycles. The third kappa shape index (κ3) is 4.92. The second-order valence-electron chi connectivity index (χ2n) is 5.51. The summed E-state index contributed by atoms with van der Waals surface area (Å²) in [5.74, 6) is 0. The van der Waals surface area contributed by atoms with Crippen LogP contribution in [0.5, 0.6) is 0 Å². The summed E-state index contributed by atoms with van der Waals surface area (Å²) in [4.78, 5) is 11.7. The molecule has 0 aliphatic rings. The molecule has 1 rings (SSSR count). The molecule has 0 saturated heterocycles. The Hall–Kier alpha value is -1.77. The lowest BCUT2D eigenvalue weighted by atomic mass is 10.2. The van der Waals surface area contributed by atoms with Crippen molar-refractivity contribution < 1.29 is 22.7 Å². The van der Waals surface area contributed by atoms with Gasteiger partial charge in [0.1, 0.15) is 5.60 Å². The largest absolute Gasteiger partial charge is 0.444 e. The van der Waals surface area contributed by atoms with E-state index in [1.54, 1.807) is 20.8 Å². The Kier molecular flexibility index (Phi) is 4.87. The summed E-state index contributed by atoms with van der Waals surface area (Å²) in [6.45, 7) is 4.94. The zero-order chi connectivity index (χ0) is 16.4. The summed E-state index contributed by atoms with van der Waals surface area (Å²) in [6, 6.07) is 0.0305. The number of alkyl halides is 3. The molecular formula is C12H19F3N4O2. The van der Waals surface area contributed by atoms with Gasteiger partial charge in [0.05, 0.1) is 11.7 Å². The normalized spacial score (nSPS) is 13.9. The fourth-order valence-corrected chi connectivity index (χ4v) is 1.65. The summed E-state index contributed by atoms with van der Waals surface area (Å²) in [6.07, 6.45) is -5.31. The second-order valence-corrected chi connectivity index (χ2v) is 5.51. The summed E-state index contributed by atoms with van der Waals surface area (Å²) < 4.78 is 43.9. The van der Waals surface area contributed by atoms with Gasteiger partial charge in [0.15, 0.2) is 5.69 Å². The highest BCUT2D eigenvalue weighted by Gasteiger charge is 2.35. The molecule has 0 radical (unpaired) electrons. The van der Waals surface area contributed by atoms with Crippen LogP contribution in [0.2, 0.25) is 0 Å². The van der Waals surface area contributed by atoms with Crippen LogP contribution in [-0.4, -0.2) is 28.0 Å². The zero-order valence-electron chi connectivity index (χ0n) is 12.3. The van der Waals surface area contributed by atoms with Gasteiger partial charge in [0.2, 0.25) is 0 Å². The summed E-state index contributed by atoms with van der Waals surface area (Å²) in [5.41, 5.74) is 3.91. The lowest BCUT2D eigenvalue weighted by Gasteiger charge is -2.23. The first-order chi connectivity index (χ1) is 9.44. The lowest BCUT2D eigenvalue weighted by molar-refractivity contribution is -0.141. The van der Waals surface area contributed by atoms with Crippen molar-refractivity contribution in [3.63, 3.8) is 0 Å². The Morgan fingerprint density at radius 3 is 2.43 bits per heavy atom. The molecule has 1 amide bonds. The third-order valence-electron chi connectivity index (χ3n) is 2.49. The van der Waals surface area contributed by atoms with E-state index in [4.69, 9.17) is 10.5 Å². The van der Waals surface area contributed by atoms with Gasteiger partial charge < -0.3 is 15.8 Å². The number of alkyl carbamates (subject to hydrolysis) is 1. The molecule has 0 bridgehead atoms. The van der Waals surface area contributed by atoms with E-state index in [1.165, 1.54) is 7.05 Å². The number of halogens is 3. The molecule has 3 N–H and O–H groups in total. The van der Waals surface area contributed by atoms with Crippen LogP contribution in [0, 0.1) is 0 Å². The summed E-state index contributed by atoms with van der Waals surface area (Å²) in [5, 5.41) is 5.81. The molecule has 9 heteroatoms. The number of hydrogen-bond donors (Lipinski definition) is 2. The van der Waals surface area contributed by atoms with Crippen LogP contribution in [-0.2, 0) is 18.0 Å². The zero-order valence-corrected chi connectivity index (χ0v) is 12.3. The van der Waals surface area contributed by atoms with Crippen molar-refractivity contribution in [1.29, 1.82) is 0 Å². The Labute approximate surface area is 120 Å². The Morgan fingerprint density at radius 1 is 1.48 bits per heavy atom. The van der Waals surface area contributed by atoms with Crippen molar-refractivity contribution in [2.24, 2.45) is 12.8 Å². The van der Waals surface area contributed by atoms with E-state index in [0.29, 0.717) is 0 Å². The van der Waals surface area contributed by atoms with E-state index < -0.39 is 29.6 Å². The van der Waals surface area contributed by atoms with Crippen molar-refractivity contribution >= 4 is 6.09 Å². The molecule has 120 valence electrons. The first kappa shape index (κ1) is 17.3. The highest BCUT2D eigenvalue weighted by atomic mass is 19.4. The van der Waals surface area contributed by atoms with E-state index in [0.717, 1.165) is 10.7 Å². The average molecular weight is 308 g/mol. The van der Waals surface area contributed by atoms with E-state index in [1.807, 2.05) is 0 Å². The van der Waals surface area contributed by atoms with Crippen LogP contribution in [0.1, 0.15) is 38.2 Å². The topological polar surface area (TPSA) is 82.2 Å². The van der Waals surface area contributed by atoms with Gasteiger partial charge in [-0.15, -0.1) is 0 Å². The molecule has 21 heavy (non-hydrogen) atoms. The van der Waals surface area contributed by atoms with E-state index in [-0.39, 0.29) is 12.2 Å². The number of carbonyl (C=O) groups is 1. The van der Waals surface area contributed by atoms with Crippen LogP contribution >= 0.6 is 0 Å². The number of rotatable bonds is 3. The van der Waals surface area contributed by atoms with Gasteiger partial charge in [-0.3, -0.25) is 4.68 Å². The number of nitrogens with two attached hydrogens (primary N) is 1. The number of carbonyl (C=O) groups excluding carboxylic acids is 1. The smallest absolute Gasteiger partial charge is 0.435 e. The molecule has 0 aliphatic carbocycles. The maximum Gasteiger partial charge on any atom is 0.435 e. The molecule has 0 fully saturated rings. The van der Waals surface area contributed by atoms with Crippen LogP contribution in [0.25, 0.3) is 0 Å². The second kappa shape index (κ2) is 5.92. The van der Waals surface area contributed by atoms with Crippen molar-refractivity contribution in [1.82, 2.24) is 15.1 Å².